The van der Waals surface area contributed by atoms with E-state index in [-0.39, 0.29) is 0 Å². The van der Waals surface area contributed by atoms with E-state index in [4.69, 9.17) is 0 Å². The highest BCUT2D eigenvalue weighted by Crippen LogP contribution is 2.26. The summed E-state index contributed by atoms with van der Waals surface area (Å²) in [4.78, 5) is 0. The molecule has 0 spiro atoms. The van der Waals surface area contributed by atoms with Crippen LogP contribution in [0.3, 0.4) is 0 Å². The van der Waals surface area contributed by atoms with Crippen LogP contribution in [0.4, 0.5) is 5.13 Å². The van der Waals surface area contributed by atoms with Gasteiger partial charge in [0.05, 0.1) is 0 Å². The molecule has 1 heterocycles. The molecule has 0 aliphatic heterocycles. The highest BCUT2D eigenvalue weighted by atomic mass is 32.1. The Bertz CT molecular complexity index is 462. The van der Waals surface area contributed by atoms with E-state index in [1.54, 1.807) is 11.3 Å². The lowest BCUT2D eigenvalue weighted by Crippen LogP contribution is -1.99. The van der Waals surface area contributed by atoms with Crippen LogP contribution in [0.1, 0.15) is 25.3 Å². The molecule has 0 unspecified atom stereocenters. The fourth-order valence-electron chi connectivity index (χ4n) is 1.48. The van der Waals surface area contributed by atoms with Gasteiger partial charge in [0, 0.05) is 12.1 Å². The number of nitrogens with zero attached hydrogens (tertiary/aromatic N) is 2. The molecule has 4 heteroatoms. The number of rotatable bonds is 5. The Morgan fingerprint density at radius 2 is 1.94 bits per heavy atom. The van der Waals surface area contributed by atoms with Crippen LogP contribution in [-0.2, 0) is 0 Å². The van der Waals surface area contributed by atoms with E-state index in [0.717, 1.165) is 22.2 Å². The SMILES string of the molecule is CCCCNc1nnc(-c2ccc(C)cc2)s1. The van der Waals surface area contributed by atoms with Gasteiger partial charge in [-0.15, -0.1) is 10.2 Å². The Kier molecular flexibility index (Phi) is 4.09. The molecule has 0 bridgehead atoms. The van der Waals surface area contributed by atoms with Gasteiger partial charge < -0.3 is 5.32 Å². The van der Waals surface area contributed by atoms with Gasteiger partial charge >= 0.3 is 0 Å². The second kappa shape index (κ2) is 5.77. The predicted molar refractivity (Wildman–Crippen MR) is 73.5 cm³/mol. The molecular formula is C13H17N3S. The highest BCUT2D eigenvalue weighted by molar-refractivity contribution is 7.18. The van der Waals surface area contributed by atoms with Crippen LogP contribution in [-0.4, -0.2) is 16.7 Å². The van der Waals surface area contributed by atoms with E-state index in [2.05, 4.69) is 53.6 Å². The first-order valence-electron chi connectivity index (χ1n) is 5.94. The van der Waals surface area contributed by atoms with Crippen LogP contribution in [0.15, 0.2) is 24.3 Å². The van der Waals surface area contributed by atoms with Crippen molar-refractivity contribution in [3.05, 3.63) is 29.8 Å². The van der Waals surface area contributed by atoms with Gasteiger partial charge in [-0.3, -0.25) is 0 Å². The summed E-state index contributed by atoms with van der Waals surface area (Å²) in [5.41, 5.74) is 2.40. The molecule has 0 saturated heterocycles. The molecule has 0 fully saturated rings. The molecule has 2 aromatic rings. The molecule has 0 amide bonds. The minimum Gasteiger partial charge on any atom is -0.360 e. The topological polar surface area (TPSA) is 37.8 Å². The Balaban J connectivity index is 2.04. The second-order valence-corrected chi connectivity index (χ2v) is 5.04. The summed E-state index contributed by atoms with van der Waals surface area (Å²) >= 11 is 1.61. The minimum atomic E-state index is 0.911. The number of aryl methyl sites for hydroxylation is 1. The predicted octanol–water partition coefficient (Wildman–Crippen LogP) is 3.73. The van der Waals surface area contributed by atoms with Crippen molar-refractivity contribution in [1.82, 2.24) is 10.2 Å². The average Bonchev–Trinajstić information content (AvgIpc) is 2.79. The highest BCUT2D eigenvalue weighted by Gasteiger charge is 2.05. The van der Waals surface area contributed by atoms with Gasteiger partial charge in [0.2, 0.25) is 5.13 Å². The number of hydrogen-bond donors (Lipinski definition) is 1. The number of anilines is 1. The first kappa shape index (κ1) is 12.0. The number of unbranched alkanes of at least 4 members (excludes halogenated alkanes) is 1. The zero-order valence-corrected chi connectivity index (χ0v) is 11.0. The van der Waals surface area contributed by atoms with Gasteiger partial charge in [0.15, 0.2) is 0 Å². The third-order valence-corrected chi connectivity index (χ3v) is 3.46. The van der Waals surface area contributed by atoms with E-state index in [1.807, 2.05) is 0 Å². The maximum Gasteiger partial charge on any atom is 0.206 e. The smallest absolute Gasteiger partial charge is 0.206 e. The molecule has 0 atom stereocenters. The molecule has 2 rings (SSSR count). The Labute approximate surface area is 106 Å². The van der Waals surface area contributed by atoms with Crippen molar-refractivity contribution in [2.45, 2.75) is 26.7 Å². The number of hydrogen-bond acceptors (Lipinski definition) is 4. The molecule has 1 N–H and O–H groups in total. The average molecular weight is 247 g/mol. The normalized spacial score (nSPS) is 10.5. The van der Waals surface area contributed by atoms with Gasteiger partial charge in [-0.1, -0.05) is 54.5 Å². The molecule has 17 heavy (non-hydrogen) atoms. The van der Waals surface area contributed by atoms with Gasteiger partial charge in [-0.05, 0) is 13.3 Å². The third kappa shape index (κ3) is 3.27. The van der Waals surface area contributed by atoms with Crippen LogP contribution in [0.5, 0.6) is 0 Å². The van der Waals surface area contributed by atoms with Crippen LogP contribution < -0.4 is 5.32 Å². The summed E-state index contributed by atoms with van der Waals surface area (Å²) < 4.78 is 0. The number of aromatic nitrogens is 2. The molecule has 0 aliphatic rings. The fourth-order valence-corrected chi connectivity index (χ4v) is 2.25. The largest absolute Gasteiger partial charge is 0.360 e. The zero-order valence-electron chi connectivity index (χ0n) is 10.2. The second-order valence-electron chi connectivity index (χ2n) is 4.06. The van der Waals surface area contributed by atoms with E-state index >= 15 is 0 Å². The first-order valence-corrected chi connectivity index (χ1v) is 6.75. The summed E-state index contributed by atoms with van der Waals surface area (Å²) in [5, 5.41) is 13.5. The third-order valence-electron chi connectivity index (χ3n) is 2.53. The summed E-state index contributed by atoms with van der Waals surface area (Å²) in [6.45, 7) is 5.24. The number of benzene rings is 1. The monoisotopic (exact) mass is 247 g/mol. The van der Waals surface area contributed by atoms with Gasteiger partial charge in [-0.2, -0.15) is 0 Å². The van der Waals surface area contributed by atoms with Crippen molar-refractivity contribution in [2.24, 2.45) is 0 Å². The summed E-state index contributed by atoms with van der Waals surface area (Å²) in [5.74, 6) is 0. The fraction of sp³-hybridized carbons (Fsp3) is 0.385. The summed E-state index contributed by atoms with van der Waals surface area (Å²) in [6.07, 6.45) is 2.36. The van der Waals surface area contributed by atoms with Crippen molar-refractivity contribution in [1.29, 1.82) is 0 Å². The zero-order chi connectivity index (χ0) is 12.1. The maximum atomic E-state index is 4.20. The molecule has 1 aromatic carbocycles. The number of nitrogens with one attached hydrogen (secondary N) is 1. The minimum absolute atomic E-state index is 0.911. The molecule has 3 nitrogen and oxygen atoms in total. The van der Waals surface area contributed by atoms with Crippen LogP contribution >= 0.6 is 11.3 Å². The molecule has 0 radical (unpaired) electrons. The van der Waals surface area contributed by atoms with Crippen LogP contribution in [0, 0.1) is 6.92 Å². The Morgan fingerprint density at radius 1 is 1.18 bits per heavy atom. The lowest BCUT2D eigenvalue weighted by molar-refractivity contribution is 0.831. The quantitative estimate of drug-likeness (QED) is 0.818. The summed E-state index contributed by atoms with van der Waals surface area (Å²) in [7, 11) is 0. The maximum absolute atomic E-state index is 4.20. The summed E-state index contributed by atoms with van der Waals surface area (Å²) in [6, 6.07) is 8.37. The van der Waals surface area contributed by atoms with E-state index in [1.165, 1.54) is 18.4 Å². The van der Waals surface area contributed by atoms with Gasteiger partial charge in [0.25, 0.3) is 0 Å². The molecule has 90 valence electrons. The molecule has 0 saturated carbocycles. The van der Waals surface area contributed by atoms with Crippen LogP contribution in [0.2, 0.25) is 0 Å². The first-order chi connectivity index (χ1) is 8.29. The lowest BCUT2D eigenvalue weighted by Gasteiger charge is -1.98. The molecular weight excluding hydrogens is 230 g/mol. The molecule has 1 aromatic heterocycles. The van der Waals surface area contributed by atoms with Gasteiger partial charge in [-0.25, -0.2) is 0 Å². The Morgan fingerprint density at radius 3 is 2.65 bits per heavy atom. The van der Waals surface area contributed by atoms with Crippen LogP contribution in [0.25, 0.3) is 10.6 Å². The van der Waals surface area contributed by atoms with Crippen molar-refractivity contribution < 1.29 is 0 Å². The lowest BCUT2D eigenvalue weighted by atomic mass is 10.2. The van der Waals surface area contributed by atoms with Crippen molar-refractivity contribution in [2.75, 3.05) is 11.9 Å². The van der Waals surface area contributed by atoms with Gasteiger partial charge in [0.1, 0.15) is 5.01 Å². The molecule has 0 aliphatic carbocycles. The van der Waals surface area contributed by atoms with Crippen molar-refractivity contribution in [3.63, 3.8) is 0 Å². The van der Waals surface area contributed by atoms with E-state index in [9.17, 15) is 0 Å². The van der Waals surface area contributed by atoms with Crippen molar-refractivity contribution >= 4 is 16.5 Å². The Hall–Kier alpha value is -1.42. The van der Waals surface area contributed by atoms with E-state index < -0.39 is 0 Å². The standard InChI is InChI=1S/C13H17N3S/c1-3-4-9-14-13-16-15-12(17-13)11-7-5-10(2)6-8-11/h5-8H,3-4,9H2,1-2H3,(H,14,16). The van der Waals surface area contributed by atoms with E-state index in [0.29, 0.717) is 0 Å². The van der Waals surface area contributed by atoms with Crippen molar-refractivity contribution in [3.8, 4) is 10.6 Å².